The van der Waals surface area contributed by atoms with Gasteiger partial charge in [-0.2, -0.15) is 0 Å². The smallest absolute Gasteiger partial charge is 0.0562 e. The number of aromatic nitrogens is 6. The Morgan fingerprint density at radius 3 is 0.547 bits per heavy atom. The fourth-order valence-electron chi connectivity index (χ4n) is 25.8. The van der Waals surface area contributed by atoms with Crippen LogP contribution in [0.25, 0.3) is 298 Å². The van der Waals surface area contributed by atoms with Crippen LogP contribution in [0.5, 0.6) is 0 Å². The summed E-state index contributed by atoms with van der Waals surface area (Å²) in [7, 11) is 0. The van der Waals surface area contributed by atoms with E-state index in [0.29, 0.717) is 0 Å². The fraction of sp³-hybridized carbons (Fsp3) is 0. The van der Waals surface area contributed by atoms with Crippen LogP contribution < -0.4 is 0 Å². The first-order valence-electron chi connectivity index (χ1n) is 51.9. The molecule has 6 heterocycles. The van der Waals surface area contributed by atoms with E-state index >= 15 is 0 Å². The maximum absolute atomic E-state index is 2.46. The van der Waals surface area contributed by atoms with Crippen molar-refractivity contribution in [1.82, 2.24) is 27.4 Å². The molecule has 0 spiro atoms. The maximum atomic E-state index is 2.46. The molecule has 6 heteroatoms. The Labute approximate surface area is 865 Å². The summed E-state index contributed by atoms with van der Waals surface area (Å²) in [6, 6.07) is 201. The Morgan fingerprint density at radius 1 is 0.0867 bits per heavy atom. The van der Waals surface area contributed by atoms with Crippen LogP contribution in [0.1, 0.15) is 0 Å². The number of benzene rings is 24. The zero-order chi connectivity index (χ0) is 98.3. The van der Waals surface area contributed by atoms with Crippen LogP contribution >= 0.6 is 0 Å². The first-order chi connectivity index (χ1) is 74.5. The van der Waals surface area contributed by atoms with Gasteiger partial charge in [0.15, 0.2) is 0 Å². The molecule has 0 radical (unpaired) electrons. The predicted molar refractivity (Wildman–Crippen MR) is 631 cm³/mol. The summed E-state index contributed by atoms with van der Waals surface area (Å²) in [5.41, 5.74) is 51.6. The van der Waals surface area contributed by atoms with Crippen LogP contribution in [-0.2, 0) is 0 Å². The highest BCUT2D eigenvalue weighted by Crippen LogP contribution is 2.55. The van der Waals surface area contributed by atoms with Crippen molar-refractivity contribution in [2.75, 3.05) is 0 Å². The molecule has 0 atom stereocenters. The molecule has 0 fully saturated rings. The highest BCUT2D eigenvalue weighted by atomic mass is 15.0. The quantitative estimate of drug-likeness (QED) is 0.159. The Morgan fingerprint density at radius 2 is 0.260 bits per heavy atom. The monoisotopic (exact) mass is 1900 g/mol. The van der Waals surface area contributed by atoms with Crippen LogP contribution in [0.2, 0.25) is 0 Å². The average Bonchev–Trinajstić information content (AvgIpc) is 1.57. The van der Waals surface area contributed by atoms with Crippen molar-refractivity contribution in [2.45, 2.75) is 0 Å². The second-order valence-corrected chi connectivity index (χ2v) is 39.8. The van der Waals surface area contributed by atoms with Gasteiger partial charge in [0.1, 0.15) is 0 Å². The third kappa shape index (κ3) is 12.9. The molecule has 0 bridgehead atoms. The minimum absolute atomic E-state index is 1.15. The molecular formula is C144H90N6. The molecule has 30 aromatic rings. The second-order valence-electron chi connectivity index (χ2n) is 39.8. The molecule has 33 rings (SSSR count). The maximum Gasteiger partial charge on any atom is 0.0562 e. The van der Waals surface area contributed by atoms with E-state index in [1.165, 1.54) is 276 Å². The molecule has 0 unspecified atom stereocenters. The summed E-state index contributed by atoms with van der Waals surface area (Å²) in [6.07, 6.45) is 0. The normalized spacial score (nSPS) is 12.0. The third-order valence-electron chi connectivity index (χ3n) is 32.1. The van der Waals surface area contributed by atoms with Gasteiger partial charge >= 0.3 is 0 Å². The second kappa shape index (κ2) is 33.9. The Hall–Kier alpha value is -19.9. The summed E-state index contributed by atoms with van der Waals surface area (Å²) < 4.78 is 14.6. The highest BCUT2D eigenvalue weighted by molar-refractivity contribution is 6.20. The Kier molecular flexibility index (Phi) is 19.1. The molecule has 150 heavy (non-hydrogen) atoms. The van der Waals surface area contributed by atoms with Crippen LogP contribution in [0, 0.1) is 0 Å². The van der Waals surface area contributed by atoms with E-state index < -0.39 is 0 Å². The van der Waals surface area contributed by atoms with Crippen molar-refractivity contribution < 1.29 is 0 Å². The van der Waals surface area contributed by atoms with Gasteiger partial charge in [-0.1, -0.05) is 413 Å². The van der Waals surface area contributed by atoms with Gasteiger partial charge in [-0.25, -0.2) is 0 Å². The lowest BCUT2D eigenvalue weighted by Crippen LogP contribution is -2.00. The van der Waals surface area contributed by atoms with E-state index in [9.17, 15) is 0 Å². The van der Waals surface area contributed by atoms with Gasteiger partial charge in [-0.3, -0.25) is 0 Å². The summed E-state index contributed by atoms with van der Waals surface area (Å²) >= 11 is 0. The molecule has 0 saturated carbocycles. The van der Waals surface area contributed by atoms with Gasteiger partial charge in [0.25, 0.3) is 0 Å². The van der Waals surface area contributed by atoms with Gasteiger partial charge in [0, 0.05) is 93.1 Å². The lowest BCUT2D eigenvalue weighted by Gasteiger charge is -2.24. The number of nitrogens with zero attached hydrogens (tertiary/aromatic N) is 6. The zero-order valence-corrected chi connectivity index (χ0v) is 81.6. The largest absolute Gasteiger partial charge is 0.309 e. The summed E-state index contributed by atoms with van der Waals surface area (Å²) in [5.74, 6) is 0. The number of rotatable bonds is 6. The average molecular weight is 1900 g/mol. The number of fused-ring (bicyclic) bond motifs is 42. The lowest BCUT2D eigenvalue weighted by molar-refractivity contribution is 1.15. The molecule has 6 nitrogen and oxygen atoms in total. The fourth-order valence-corrected chi connectivity index (χ4v) is 25.8. The summed E-state index contributed by atoms with van der Waals surface area (Å²) in [4.78, 5) is 0. The molecule has 0 N–H and O–H groups in total. The standard InChI is InChI=1S/3C48H30N2/c1-2-15-33-32(14-1)34-16-3-4-18-36(34)38-29-28-31(30-42(38)37-19-6-5-17-35(33)37)49-45-25-12-9-22-41(45)48-46(49)26-13-27-47(48)50-43-23-10-7-20-39(43)40-21-8-11-24-44(40)50;1-2-14-34-33(13-1)35-15-3-4-17-37(35)39-27-25-31(29-43(39)38-18-6-5-16-36(34)38)50-47-24-12-9-21-42(47)44-30-32(26-28-48(44)50)49-45-22-10-7-19-40(45)41-20-8-11-23-46(41)49;1-2-14-34-33(13-1)35-15-3-4-17-37(35)39-27-25-31(29-44(39)38-18-6-5-16-36(34)38)50-47-24-12-9-21-42(47)43-28-26-32(30-48(43)50)49-45-22-10-7-19-40(45)41-20-8-11-23-46(41)49/h3*1-30H. The molecule has 0 amide bonds. The number of hydrogen-bond donors (Lipinski definition) is 0. The van der Waals surface area contributed by atoms with Gasteiger partial charge < -0.3 is 27.4 Å². The molecule has 6 aromatic heterocycles. The minimum Gasteiger partial charge on any atom is -0.309 e. The number of hydrogen-bond acceptors (Lipinski definition) is 0. The first kappa shape index (κ1) is 84.6. The van der Waals surface area contributed by atoms with Crippen LogP contribution in [0.15, 0.2) is 546 Å². The van der Waals surface area contributed by atoms with Crippen molar-refractivity contribution in [1.29, 1.82) is 0 Å². The number of para-hydroxylation sites is 9. The summed E-state index contributed by atoms with van der Waals surface area (Å²) in [6.45, 7) is 0. The molecule has 0 aliphatic heterocycles. The Bertz CT molecular complexity index is 10500. The highest BCUT2D eigenvalue weighted by Gasteiger charge is 2.31. The molecule has 24 aromatic carbocycles. The van der Waals surface area contributed by atoms with E-state index in [-0.39, 0.29) is 0 Å². The molecule has 3 aliphatic carbocycles. The molecule has 3 aliphatic rings. The van der Waals surface area contributed by atoms with Crippen molar-refractivity contribution in [3.8, 4) is 168 Å². The Balaban J connectivity index is 0.000000101. The van der Waals surface area contributed by atoms with Gasteiger partial charge in [0.05, 0.1) is 71.9 Å². The first-order valence-corrected chi connectivity index (χ1v) is 51.9. The van der Waals surface area contributed by atoms with Crippen LogP contribution in [-0.4, -0.2) is 27.4 Å². The van der Waals surface area contributed by atoms with Crippen molar-refractivity contribution >= 4 is 131 Å². The van der Waals surface area contributed by atoms with Gasteiger partial charge in [-0.15, -0.1) is 0 Å². The van der Waals surface area contributed by atoms with E-state index in [1.54, 1.807) is 0 Å². The topological polar surface area (TPSA) is 29.6 Å². The van der Waals surface area contributed by atoms with Gasteiger partial charge in [0.2, 0.25) is 0 Å². The van der Waals surface area contributed by atoms with Gasteiger partial charge in [-0.05, 0) is 267 Å². The zero-order valence-electron chi connectivity index (χ0n) is 81.6. The predicted octanol–water partition coefficient (Wildman–Crippen LogP) is 38.6. The molecular weight excluding hydrogens is 1810 g/mol. The lowest BCUT2D eigenvalue weighted by atomic mass is 9.81. The van der Waals surface area contributed by atoms with E-state index in [1.807, 2.05) is 0 Å². The van der Waals surface area contributed by atoms with Crippen LogP contribution in [0.3, 0.4) is 0 Å². The molecule has 0 saturated heterocycles. The van der Waals surface area contributed by atoms with E-state index in [4.69, 9.17) is 0 Å². The van der Waals surface area contributed by atoms with Crippen LogP contribution in [0.4, 0.5) is 0 Å². The van der Waals surface area contributed by atoms with E-state index in [2.05, 4.69) is 573 Å². The van der Waals surface area contributed by atoms with E-state index in [0.717, 1.165) is 22.7 Å². The van der Waals surface area contributed by atoms with Crippen molar-refractivity contribution in [2.24, 2.45) is 0 Å². The minimum atomic E-state index is 1.15. The molecule has 696 valence electrons. The SMILES string of the molecule is c1ccc2c(c1)-c1ccccc1-c1ccc(-n3c4ccccc4c4c(-n5c6ccccc6c6ccccc65)cccc43)cc1-c1ccccc1-2.c1ccc2c(c1)-c1ccccc1-c1ccc(-n3c4ccccc4c4cc(-n5c6ccccc6c6ccccc65)ccc43)cc1-c1ccccc1-2.c1ccc2c(c1)-c1ccccc1-c1ccc(-n3c4ccccc4c4ccc(-n5c6ccccc6c6ccccc65)cc43)cc1-c1ccccc1-2. The third-order valence-corrected chi connectivity index (χ3v) is 32.1. The van der Waals surface area contributed by atoms with Crippen molar-refractivity contribution in [3.05, 3.63) is 546 Å². The summed E-state index contributed by atoms with van der Waals surface area (Å²) in [5, 5.41) is 15.1. The van der Waals surface area contributed by atoms with Crippen molar-refractivity contribution in [3.63, 3.8) is 0 Å².